The van der Waals surface area contributed by atoms with Crippen LogP contribution in [0.2, 0.25) is 0 Å². The zero-order valence-electron chi connectivity index (χ0n) is 50.0. The molecule has 10 rings (SSSR count). The molecule has 9 fully saturated rings. The molecule has 0 radical (unpaired) electrons. The van der Waals surface area contributed by atoms with Gasteiger partial charge in [0, 0.05) is 5.41 Å². The second kappa shape index (κ2) is 24.9. The molecule has 0 aromatic heterocycles. The molecule has 5 aliphatic heterocycles. The molecule has 16 N–H and O–H groups in total. The van der Waals surface area contributed by atoms with E-state index in [0.717, 1.165) is 6.42 Å². The average Bonchev–Trinajstić information content (AvgIpc) is 0.708. The third-order valence-electron chi connectivity index (χ3n) is 23.3. The van der Waals surface area contributed by atoms with Gasteiger partial charge in [-0.05, 0) is 111 Å². The maximum absolute atomic E-state index is 15.1. The number of rotatable bonds is 14. The van der Waals surface area contributed by atoms with Crippen LogP contribution in [0.15, 0.2) is 11.6 Å². The Hall–Kier alpha value is -1.79. The van der Waals surface area contributed by atoms with Gasteiger partial charge in [0.15, 0.2) is 25.2 Å². The van der Waals surface area contributed by atoms with E-state index in [9.17, 15) is 81.7 Å². The first-order valence-corrected chi connectivity index (χ1v) is 30.8. The summed E-state index contributed by atoms with van der Waals surface area (Å²) in [5, 5.41) is 172. The highest BCUT2D eigenvalue weighted by molar-refractivity contribution is 5.79. The number of carbonyl (C=O) groups excluding carboxylic acids is 1. The molecular formula is C59H96O27. The fraction of sp³-hybridized carbons (Fsp3) is 0.949. The van der Waals surface area contributed by atoms with Crippen LogP contribution < -0.4 is 0 Å². The topological polar surface area (TPSA) is 433 Å². The average molecular weight is 1240 g/mol. The summed E-state index contributed by atoms with van der Waals surface area (Å²) in [6.07, 6.45) is -31.0. The predicted molar refractivity (Wildman–Crippen MR) is 289 cm³/mol. The zero-order valence-corrected chi connectivity index (χ0v) is 50.0. The lowest BCUT2D eigenvalue weighted by Crippen LogP contribution is -2.67. The van der Waals surface area contributed by atoms with Crippen molar-refractivity contribution in [2.24, 2.45) is 50.2 Å². The molecule has 5 heterocycles. The van der Waals surface area contributed by atoms with Crippen molar-refractivity contribution in [2.45, 2.75) is 266 Å². The van der Waals surface area contributed by atoms with E-state index in [2.05, 4.69) is 40.7 Å². The highest BCUT2D eigenvalue weighted by atomic mass is 16.8. The Kier molecular flexibility index (Phi) is 19.4. The van der Waals surface area contributed by atoms with Crippen LogP contribution in [-0.2, 0) is 52.2 Å². The Morgan fingerprint density at radius 2 is 1.14 bits per heavy atom. The highest BCUT2D eigenvalue weighted by Crippen LogP contribution is 2.76. The molecule has 0 spiro atoms. The van der Waals surface area contributed by atoms with E-state index in [1.807, 2.05) is 6.92 Å². The number of aliphatic hydroxyl groups is 16. The van der Waals surface area contributed by atoms with E-state index in [1.165, 1.54) is 12.5 Å². The third-order valence-corrected chi connectivity index (χ3v) is 23.3. The molecule has 5 saturated heterocycles. The first-order chi connectivity index (χ1) is 40.4. The molecule has 86 heavy (non-hydrogen) atoms. The quantitative estimate of drug-likeness (QED) is 0.0454. The molecule has 0 unspecified atom stereocenters. The van der Waals surface area contributed by atoms with Gasteiger partial charge < -0.3 is 129 Å². The molecule has 33 atom stereocenters. The van der Waals surface area contributed by atoms with Gasteiger partial charge in [0.1, 0.15) is 110 Å². The Morgan fingerprint density at radius 3 is 1.80 bits per heavy atom. The largest absolute Gasteiger partial charge is 0.432 e. The number of hydrogen-bond donors (Lipinski definition) is 16. The second-order valence-corrected chi connectivity index (χ2v) is 28.5. The SMILES string of the molecule is C[C@@H]1O[C@@H](O[C@H]2[C@H](O[C@H]3CO[C@@H](O[C@H]4CC[C@@]5(C)[C@@H](CC[C@]6(C)[C@@H]5CC=C5[C@@H]7CC(C)(C)CC[C@]7(C(=O)O[C@@H]7O[C@H](CO[C@@H]8O[C@H](CO)[C@@H](O)[C@H](O)[C@H]8O)[C@@H](O)[C@H](O)[C@H]7O)CC[C@]56C)[C@]4(C)CO)[C@H](O)[C@H]3O)O[C@H](CO)[C@@H](O)[C@@H]2O)[C@H](O)[C@H](O)[C@H]1O. The number of allylic oxidation sites excluding steroid dienone is 2. The van der Waals surface area contributed by atoms with Gasteiger partial charge in [-0.1, -0.05) is 53.2 Å². The number of carbonyl (C=O) groups is 1. The van der Waals surface area contributed by atoms with Gasteiger partial charge >= 0.3 is 5.97 Å². The molecule has 0 amide bonds. The van der Waals surface area contributed by atoms with Gasteiger partial charge in [0.25, 0.3) is 0 Å². The molecular weight excluding hydrogens is 1140 g/mol. The minimum absolute atomic E-state index is 0.0914. The summed E-state index contributed by atoms with van der Waals surface area (Å²) in [6, 6.07) is 0. The molecule has 0 aromatic carbocycles. The molecule has 27 nitrogen and oxygen atoms in total. The van der Waals surface area contributed by atoms with Crippen LogP contribution in [0.1, 0.15) is 113 Å². The van der Waals surface area contributed by atoms with Crippen molar-refractivity contribution in [2.75, 3.05) is 33.0 Å². The Labute approximate surface area is 499 Å². The van der Waals surface area contributed by atoms with Crippen molar-refractivity contribution in [3.05, 3.63) is 11.6 Å². The predicted octanol–water partition coefficient (Wildman–Crippen LogP) is -3.57. The van der Waals surface area contributed by atoms with Gasteiger partial charge in [-0.15, -0.1) is 0 Å². The Bertz CT molecular complexity index is 2390. The lowest BCUT2D eigenvalue weighted by atomic mass is 9.33. The third kappa shape index (κ3) is 11.2. The van der Waals surface area contributed by atoms with Crippen molar-refractivity contribution in [3.8, 4) is 0 Å². The highest BCUT2D eigenvalue weighted by Gasteiger charge is 2.71. The molecule has 0 bridgehead atoms. The summed E-state index contributed by atoms with van der Waals surface area (Å²) in [6.45, 7) is 12.0. The van der Waals surface area contributed by atoms with Crippen LogP contribution in [0, 0.1) is 50.2 Å². The number of aliphatic hydroxyl groups excluding tert-OH is 16. The first-order valence-electron chi connectivity index (χ1n) is 30.8. The van der Waals surface area contributed by atoms with Gasteiger partial charge in [0.2, 0.25) is 6.29 Å². The van der Waals surface area contributed by atoms with Gasteiger partial charge in [-0.25, -0.2) is 0 Å². The number of fused-ring (bicyclic) bond motifs is 7. The summed E-state index contributed by atoms with van der Waals surface area (Å²) in [7, 11) is 0. The van der Waals surface area contributed by atoms with Gasteiger partial charge in [-0.2, -0.15) is 0 Å². The van der Waals surface area contributed by atoms with Crippen LogP contribution in [0.5, 0.6) is 0 Å². The summed E-state index contributed by atoms with van der Waals surface area (Å²) >= 11 is 0. The van der Waals surface area contributed by atoms with E-state index < -0.39 is 202 Å². The van der Waals surface area contributed by atoms with Crippen molar-refractivity contribution in [3.63, 3.8) is 0 Å². The molecule has 5 aliphatic carbocycles. The van der Waals surface area contributed by atoms with Crippen molar-refractivity contribution in [1.29, 1.82) is 0 Å². The van der Waals surface area contributed by atoms with E-state index in [4.69, 9.17) is 47.4 Å². The van der Waals surface area contributed by atoms with Crippen LogP contribution in [-0.4, -0.2) is 274 Å². The number of ether oxygens (including phenoxy) is 10. The van der Waals surface area contributed by atoms with E-state index in [1.54, 1.807) is 0 Å². The van der Waals surface area contributed by atoms with E-state index in [-0.39, 0.29) is 40.6 Å². The fourth-order valence-corrected chi connectivity index (χ4v) is 17.5. The lowest BCUT2D eigenvalue weighted by Gasteiger charge is -2.71. The number of hydrogen-bond acceptors (Lipinski definition) is 27. The van der Waals surface area contributed by atoms with Gasteiger partial charge in [0.05, 0.1) is 50.7 Å². The Morgan fingerprint density at radius 1 is 0.558 bits per heavy atom. The van der Waals surface area contributed by atoms with Crippen LogP contribution in [0.4, 0.5) is 0 Å². The fourth-order valence-electron chi connectivity index (χ4n) is 17.5. The number of esters is 1. The monoisotopic (exact) mass is 1240 g/mol. The molecule has 0 aromatic rings. The maximum atomic E-state index is 15.1. The molecule has 494 valence electrons. The van der Waals surface area contributed by atoms with E-state index in [0.29, 0.717) is 57.8 Å². The summed E-state index contributed by atoms with van der Waals surface area (Å²) in [4.78, 5) is 15.1. The molecule has 10 aliphatic rings. The smallest absolute Gasteiger partial charge is 0.315 e. The van der Waals surface area contributed by atoms with E-state index >= 15 is 4.79 Å². The summed E-state index contributed by atoms with van der Waals surface area (Å²) in [5.74, 6) is -0.871. The molecule has 27 heteroatoms. The molecule has 4 saturated carbocycles. The van der Waals surface area contributed by atoms with Crippen molar-refractivity contribution < 1.29 is 134 Å². The normalized spacial score (nSPS) is 54.8. The first kappa shape index (κ1) is 67.1. The summed E-state index contributed by atoms with van der Waals surface area (Å²) < 4.78 is 59.1. The second-order valence-electron chi connectivity index (χ2n) is 28.5. The lowest BCUT2D eigenvalue weighted by molar-refractivity contribution is -0.382. The maximum Gasteiger partial charge on any atom is 0.315 e. The minimum Gasteiger partial charge on any atom is -0.432 e. The van der Waals surface area contributed by atoms with Crippen LogP contribution in [0.25, 0.3) is 0 Å². The zero-order chi connectivity index (χ0) is 62.7. The van der Waals surface area contributed by atoms with Gasteiger partial charge in [-0.3, -0.25) is 4.79 Å². The van der Waals surface area contributed by atoms with Crippen molar-refractivity contribution >= 4 is 5.97 Å². The van der Waals surface area contributed by atoms with Crippen LogP contribution >= 0.6 is 0 Å². The Balaban J connectivity index is 0.821. The van der Waals surface area contributed by atoms with Crippen molar-refractivity contribution in [1.82, 2.24) is 0 Å². The standard InChI is InChI=1S/C59H96O27/c1-24-34(63)39(68)45(74)50(79-24)85-47-42(71)36(65)28(20-61)81-52(47)83-30-22-78-49(43(72)38(30)67)84-33-11-12-55(4)31(56(33,5)23-62)10-13-58(7)32(55)9-8-25-26-18-54(2,3)14-16-59(26,17-15-57(25,58)6)53(76)86-51-46(75)41(70)37(66)29(82-51)21-77-48-44(73)40(69)35(64)27(19-60)80-48/h8,24,26-52,60-75H,9-23H2,1-7H3/t24-,26-,27+,28+,29+,30-,31+,32+,33-,34-,35+,36+,37+,38-,39+,40-,41-,42-,43+,44+,45+,46+,47+,48+,49-,50-,51-,52-,55-,56-,57+,58+,59-/m0/s1. The summed E-state index contributed by atoms with van der Waals surface area (Å²) in [5.41, 5.74) is -1.96. The minimum atomic E-state index is -1.86. The van der Waals surface area contributed by atoms with Crippen LogP contribution in [0.3, 0.4) is 0 Å².